The minimum absolute atomic E-state index is 0.0284. The molecule has 0 aliphatic heterocycles. The molecule has 0 aliphatic carbocycles. The molecule has 1 N–H and O–H groups in total. The summed E-state index contributed by atoms with van der Waals surface area (Å²) in [5.41, 5.74) is 2.15. The first kappa shape index (κ1) is 17.6. The number of hydrogen-bond acceptors (Lipinski definition) is 4. The van der Waals surface area contributed by atoms with Crippen molar-refractivity contribution < 1.29 is 9.72 Å². The summed E-state index contributed by atoms with van der Waals surface area (Å²) in [4.78, 5) is 25.0. The molecule has 0 saturated carbocycles. The van der Waals surface area contributed by atoms with Gasteiger partial charge in [0.25, 0.3) is 11.6 Å². The van der Waals surface area contributed by atoms with Gasteiger partial charge in [0, 0.05) is 24.2 Å². The predicted octanol–water partition coefficient (Wildman–Crippen LogP) is 2.63. The summed E-state index contributed by atoms with van der Waals surface area (Å²) in [5, 5.41) is 14.2. The van der Waals surface area contributed by atoms with Gasteiger partial charge in [-0.25, -0.2) is 0 Å². The molecule has 1 amide bonds. The molecule has 0 aromatic heterocycles. The Morgan fingerprint density at radius 2 is 1.75 bits per heavy atom. The van der Waals surface area contributed by atoms with E-state index in [2.05, 4.69) is 5.32 Å². The molecule has 0 fully saturated rings. The van der Waals surface area contributed by atoms with Crippen molar-refractivity contribution in [1.29, 1.82) is 0 Å². The molecule has 6 nitrogen and oxygen atoms in total. The van der Waals surface area contributed by atoms with Crippen LogP contribution in [0.15, 0.2) is 48.5 Å². The topological polar surface area (TPSA) is 75.5 Å². The molecule has 2 aromatic rings. The van der Waals surface area contributed by atoms with Crippen LogP contribution in [0.25, 0.3) is 0 Å². The smallest absolute Gasteiger partial charge is 0.274 e. The molecule has 0 saturated heterocycles. The maximum absolute atomic E-state index is 12.7. The number of nitrogens with one attached hydrogen (secondary N) is 1. The number of para-hydroxylation sites is 1. The molecule has 0 atom stereocenters. The zero-order chi connectivity index (χ0) is 17.5. The first-order valence-corrected chi connectivity index (χ1v) is 7.75. The van der Waals surface area contributed by atoms with Gasteiger partial charge in [-0.3, -0.25) is 14.9 Å². The second-order valence-corrected chi connectivity index (χ2v) is 5.56. The van der Waals surface area contributed by atoms with E-state index in [-0.39, 0.29) is 18.1 Å². The normalized spacial score (nSPS) is 10.4. The summed E-state index contributed by atoms with van der Waals surface area (Å²) >= 11 is 0. The van der Waals surface area contributed by atoms with Gasteiger partial charge in [-0.15, -0.1) is 0 Å². The number of nitro benzene ring substituents is 1. The number of hydrogen-bond donors (Lipinski definition) is 1. The standard InChI is InChI=1S/C18H21N3O3/c1-19-12-11-14-7-3-5-9-16(14)18(22)20(2)13-15-8-4-6-10-17(15)21(23)24/h3-10,19H,11-13H2,1-2H3. The number of amides is 1. The Balaban J connectivity index is 2.20. The van der Waals surface area contributed by atoms with Gasteiger partial charge in [0.2, 0.25) is 0 Å². The van der Waals surface area contributed by atoms with E-state index in [9.17, 15) is 14.9 Å². The third kappa shape index (κ3) is 4.17. The van der Waals surface area contributed by atoms with Crippen LogP contribution in [0.4, 0.5) is 5.69 Å². The number of carbonyl (C=O) groups excluding carboxylic acids is 1. The molecule has 126 valence electrons. The molecule has 24 heavy (non-hydrogen) atoms. The fraction of sp³-hybridized carbons (Fsp3) is 0.278. The number of rotatable bonds is 7. The van der Waals surface area contributed by atoms with E-state index in [1.165, 1.54) is 11.0 Å². The van der Waals surface area contributed by atoms with E-state index >= 15 is 0 Å². The van der Waals surface area contributed by atoms with Gasteiger partial charge in [-0.2, -0.15) is 0 Å². The zero-order valence-electron chi connectivity index (χ0n) is 13.9. The molecule has 0 aliphatic rings. The number of carbonyl (C=O) groups is 1. The van der Waals surface area contributed by atoms with Crippen LogP contribution >= 0.6 is 0 Å². The Morgan fingerprint density at radius 1 is 1.12 bits per heavy atom. The highest BCUT2D eigenvalue weighted by atomic mass is 16.6. The highest BCUT2D eigenvalue weighted by Gasteiger charge is 2.19. The van der Waals surface area contributed by atoms with Crippen molar-refractivity contribution in [2.24, 2.45) is 0 Å². The predicted molar refractivity (Wildman–Crippen MR) is 93.0 cm³/mol. The highest BCUT2D eigenvalue weighted by Crippen LogP contribution is 2.20. The van der Waals surface area contributed by atoms with Crippen LogP contribution in [-0.4, -0.2) is 36.4 Å². The summed E-state index contributed by atoms with van der Waals surface area (Å²) in [6, 6.07) is 14.0. The number of benzene rings is 2. The van der Waals surface area contributed by atoms with Gasteiger partial charge in [-0.05, 0) is 31.6 Å². The van der Waals surface area contributed by atoms with Gasteiger partial charge < -0.3 is 10.2 Å². The van der Waals surface area contributed by atoms with E-state index in [1.54, 1.807) is 31.3 Å². The second kappa shape index (κ2) is 8.21. The Morgan fingerprint density at radius 3 is 2.42 bits per heavy atom. The lowest BCUT2D eigenvalue weighted by Crippen LogP contribution is -2.28. The lowest BCUT2D eigenvalue weighted by molar-refractivity contribution is -0.385. The van der Waals surface area contributed by atoms with Crippen molar-refractivity contribution in [2.45, 2.75) is 13.0 Å². The Labute approximate surface area is 141 Å². The van der Waals surface area contributed by atoms with Crippen LogP contribution in [0.2, 0.25) is 0 Å². The largest absolute Gasteiger partial charge is 0.337 e. The van der Waals surface area contributed by atoms with Crippen molar-refractivity contribution in [3.8, 4) is 0 Å². The van der Waals surface area contributed by atoms with E-state index < -0.39 is 4.92 Å². The Bertz CT molecular complexity index is 731. The third-order valence-electron chi connectivity index (χ3n) is 3.83. The van der Waals surface area contributed by atoms with Crippen molar-refractivity contribution in [3.05, 3.63) is 75.3 Å². The zero-order valence-corrected chi connectivity index (χ0v) is 13.9. The Kier molecular flexibility index (Phi) is 6.03. The molecule has 2 aromatic carbocycles. The first-order valence-electron chi connectivity index (χ1n) is 7.75. The van der Waals surface area contributed by atoms with Crippen LogP contribution < -0.4 is 5.32 Å². The Hall–Kier alpha value is -2.73. The molecule has 0 bridgehead atoms. The van der Waals surface area contributed by atoms with Crippen molar-refractivity contribution in [2.75, 3.05) is 20.6 Å². The lowest BCUT2D eigenvalue weighted by atomic mass is 10.0. The summed E-state index contributed by atoms with van der Waals surface area (Å²) in [6.45, 7) is 0.967. The van der Waals surface area contributed by atoms with Gasteiger partial charge in [0.05, 0.1) is 11.5 Å². The van der Waals surface area contributed by atoms with Crippen LogP contribution in [0, 0.1) is 10.1 Å². The van der Waals surface area contributed by atoms with Gasteiger partial charge in [0.15, 0.2) is 0 Å². The average molecular weight is 327 g/mol. The fourth-order valence-electron chi connectivity index (χ4n) is 2.56. The van der Waals surface area contributed by atoms with Crippen molar-refractivity contribution >= 4 is 11.6 Å². The minimum Gasteiger partial charge on any atom is -0.337 e. The minimum atomic E-state index is -0.422. The first-order chi connectivity index (χ1) is 11.5. The van der Waals surface area contributed by atoms with Gasteiger partial charge in [0.1, 0.15) is 0 Å². The SMILES string of the molecule is CNCCc1ccccc1C(=O)N(C)Cc1ccccc1[N+](=O)[O-]. The maximum atomic E-state index is 12.7. The van der Waals surface area contributed by atoms with Gasteiger partial charge >= 0.3 is 0 Å². The summed E-state index contributed by atoms with van der Waals surface area (Å²) in [7, 11) is 3.53. The van der Waals surface area contributed by atoms with E-state index in [0.29, 0.717) is 11.1 Å². The molecule has 0 spiro atoms. The van der Waals surface area contributed by atoms with E-state index in [4.69, 9.17) is 0 Å². The number of likely N-dealkylation sites (N-methyl/N-ethyl adjacent to an activating group) is 1. The van der Waals surface area contributed by atoms with Crippen LogP contribution in [0.1, 0.15) is 21.5 Å². The average Bonchev–Trinajstić information content (AvgIpc) is 2.59. The molecule has 6 heteroatoms. The fourth-order valence-corrected chi connectivity index (χ4v) is 2.56. The number of nitro groups is 1. The summed E-state index contributed by atoms with van der Waals surface area (Å²) < 4.78 is 0. The van der Waals surface area contributed by atoms with E-state index in [1.807, 2.05) is 25.2 Å². The third-order valence-corrected chi connectivity index (χ3v) is 3.83. The molecular formula is C18H21N3O3. The maximum Gasteiger partial charge on any atom is 0.274 e. The molecule has 0 radical (unpaired) electrons. The van der Waals surface area contributed by atoms with Crippen molar-refractivity contribution in [1.82, 2.24) is 10.2 Å². The van der Waals surface area contributed by atoms with Crippen LogP contribution in [0.5, 0.6) is 0 Å². The number of nitrogens with zero attached hydrogens (tertiary/aromatic N) is 2. The molecule has 0 unspecified atom stereocenters. The molecular weight excluding hydrogens is 306 g/mol. The van der Waals surface area contributed by atoms with Crippen molar-refractivity contribution in [3.63, 3.8) is 0 Å². The van der Waals surface area contributed by atoms with Gasteiger partial charge in [-0.1, -0.05) is 36.4 Å². The molecule has 2 rings (SSSR count). The summed E-state index contributed by atoms with van der Waals surface area (Å²) in [6.07, 6.45) is 0.748. The van der Waals surface area contributed by atoms with Crippen LogP contribution in [-0.2, 0) is 13.0 Å². The quantitative estimate of drug-likeness (QED) is 0.626. The molecule has 0 heterocycles. The second-order valence-electron chi connectivity index (χ2n) is 5.56. The lowest BCUT2D eigenvalue weighted by Gasteiger charge is -2.19. The van der Waals surface area contributed by atoms with E-state index in [0.717, 1.165) is 18.5 Å². The van der Waals surface area contributed by atoms with Crippen LogP contribution in [0.3, 0.4) is 0 Å². The summed E-state index contributed by atoms with van der Waals surface area (Å²) in [5.74, 6) is -0.139. The monoisotopic (exact) mass is 327 g/mol. The highest BCUT2D eigenvalue weighted by molar-refractivity contribution is 5.95.